The molecule has 0 aromatic carbocycles. The van der Waals surface area contributed by atoms with Crippen molar-refractivity contribution in [1.82, 2.24) is 20.4 Å². The van der Waals surface area contributed by atoms with Gasteiger partial charge in [0.1, 0.15) is 0 Å². The fourth-order valence-corrected chi connectivity index (χ4v) is 3.67. The minimum absolute atomic E-state index is 0.0526. The molecule has 1 aliphatic carbocycles. The minimum atomic E-state index is -0.508. The van der Waals surface area contributed by atoms with Crippen molar-refractivity contribution in [2.75, 3.05) is 19.8 Å². The summed E-state index contributed by atoms with van der Waals surface area (Å²) in [6, 6.07) is -0.0706. The molecule has 2 atom stereocenters. The molecule has 1 fully saturated rings. The molecule has 2 amide bonds. The molecular formula is C17H28N4O3. The van der Waals surface area contributed by atoms with E-state index in [1.165, 1.54) is 0 Å². The average Bonchev–Trinajstić information content (AvgIpc) is 3.11. The first-order chi connectivity index (χ1) is 11.5. The third kappa shape index (κ3) is 4.08. The average molecular weight is 336 g/mol. The Labute approximate surface area is 143 Å². The lowest BCUT2D eigenvalue weighted by atomic mass is 9.93. The molecule has 0 spiro atoms. The molecule has 2 N–H and O–H groups in total. The van der Waals surface area contributed by atoms with Crippen LogP contribution in [0.3, 0.4) is 0 Å². The van der Waals surface area contributed by atoms with Crippen LogP contribution >= 0.6 is 0 Å². The molecule has 24 heavy (non-hydrogen) atoms. The molecule has 0 radical (unpaired) electrons. The molecule has 0 bridgehead atoms. The van der Waals surface area contributed by atoms with Crippen LogP contribution in [-0.2, 0) is 22.9 Å². The van der Waals surface area contributed by atoms with Gasteiger partial charge in [0.05, 0.1) is 24.9 Å². The van der Waals surface area contributed by atoms with Crippen molar-refractivity contribution >= 4 is 6.03 Å². The van der Waals surface area contributed by atoms with Crippen molar-refractivity contribution < 1.29 is 14.3 Å². The van der Waals surface area contributed by atoms with Crippen LogP contribution in [0.15, 0.2) is 6.20 Å². The van der Waals surface area contributed by atoms with Gasteiger partial charge in [-0.2, -0.15) is 5.10 Å². The summed E-state index contributed by atoms with van der Waals surface area (Å²) in [6.07, 6.45) is 5.78. The van der Waals surface area contributed by atoms with E-state index < -0.39 is 5.79 Å². The number of ether oxygens (including phenoxy) is 2. The van der Waals surface area contributed by atoms with Gasteiger partial charge >= 0.3 is 6.03 Å². The van der Waals surface area contributed by atoms with Gasteiger partial charge in [-0.3, -0.25) is 4.68 Å². The fraction of sp³-hybridized carbons (Fsp3) is 0.765. The van der Waals surface area contributed by atoms with Crippen LogP contribution in [0, 0.1) is 5.92 Å². The van der Waals surface area contributed by atoms with Gasteiger partial charge in [0.25, 0.3) is 0 Å². The van der Waals surface area contributed by atoms with Crippen molar-refractivity contribution in [1.29, 1.82) is 0 Å². The standard InChI is InChI=1S/C17H28N4O3/c1-12(9-17(2)23-7-8-24-17)10-18-16(22)19-14-5-4-6-15-13(14)11-21(3)20-15/h11-12,14H,4-10H2,1-3H3,(H2,18,19,22)/t12-,14+/m1/s1. The number of aryl methyl sites for hydroxylation is 2. The Bertz CT molecular complexity index is 580. The van der Waals surface area contributed by atoms with Crippen molar-refractivity contribution in [2.45, 2.75) is 51.4 Å². The highest BCUT2D eigenvalue weighted by atomic mass is 16.7. The van der Waals surface area contributed by atoms with Crippen molar-refractivity contribution in [2.24, 2.45) is 13.0 Å². The lowest BCUT2D eigenvalue weighted by Gasteiger charge is -2.27. The van der Waals surface area contributed by atoms with E-state index in [9.17, 15) is 4.79 Å². The van der Waals surface area contributed by atoms with E-state index in [4.69, 9.17) is 9.47 Å². The first-order valence-electron chi connectivity index (χ1n) is 8.80. The molecular weight excluding hydrogens is 308 g/mol. The monoisotopic (exact) mass is 336 g/mol. The van der Waals surface area contributed by atoms with E-state index in [-0.39, 0.29) is 18.0 Å². The maximum Gasteiger partial charge on any atom is 0.315 e. The summed E-state index contributed by atoms with van der Waals surface area (Å²) in [4.78, 5) is 12.2. The first-order valence-corrected chi connectivity index (χ1v) is 8.80. The van der Waals surface area contributed by atoms with Gasteiger partial charge in [0, 0.05) is 31.8 Å². The van der Waals surface area contributed by atoms with Gasteiger partial charge < -0.3 is 20.1 Å². The van der Waals surface area contributed by atoms with Crippen molar-refractivity contribution in [3.63, 3.8) is 0 Å². The number of fused-ring (bicyclic) bond motifs is 1. The SMILES string of the molecule is C[C@@H](CNC(=O)N[C@H]1CCCc2nn(C)cc21)CC1(C)OCCO1. The summed E-state index contributed by atoms with van der Waals surface area (Å²) in [7, 11) is 1.92. The van der Waals surface area contributed by atoms with Crippen molar-refractivity contribution in [3.05, 3.63) is 17.5 Å². The molecule has 1 saturated heterocycles. The van der Waals surface area contributed by atoms with Crippen LogP contribution in [0.1, 0.15) is 50.4 Å². The van der Waals surface area contributed by atoms with E-state index >= 15 is 0 Å². The molecule has 0 unspecified atom stereocenters. The highest BCUT2D eigenvalue weighted by molar-refractivity contribution is 5.74. The largest absolute Gasteiger partial charge is 0.348 e. The smallest absolute Gasteiger partial charge is 0.315 e. The van der Waals surface area contributed by atoms with E-state index in [1.54, 1.807) is 0 Å². The van der Waals surface area contributed by atoms with Gasteiger partial charge in [0.2, 0.25) is 0 Å². The molecule has 134 valence electrons. The summed E-state index contributed by atoms with van der Waals surface area (Å²) in [5.74, 6) is -0.231. The van der Waals surface area contributed by atoms with Gasteiger partial charge in [-0.05, 0) is 32.1 Å². The Morgan fingerprint density at radius 3 is 3.00 bits per heavy atom. The molecule has 7 heteroatoms. The van der Waals surface area contributed by atoms with Crippen molar-refractivity contribution in [3.8, 4) is 0 Å². The molecule has 1 aliphatic heterocycles. The van der Waals surface area contributed by atoms with Gasteiger partial charge in [-0.15, -0.1) is 0 Å². The predicted octanol–water partition coefficient (Wildman–Crippen LogP) is 1.89. The maximum absolute atomic E-state index is 12.2. The normalized spacial score (nSPS) is 23.5. The molecule has 3 rings (SSSR count). The number of aromatic nitrogens is 2. The second-order valence-electron chi connectivity index (χ2n) is 7.14. The second kappa shape index (κ2) is 7.11. The molecule has 2 heterocycles. The third-order valence-electron chi connectivity index (χ3n) is 4.75. The Morgan fingerprint density at radius 2 is 2.25 bits per heavy atom. The number of rotatable bonds is 5. The summed E-state index contributed by atoms with van der Waals surface area (Å²) < 4.78 is 13.1. The molecule has 1 aromatic rings. The van der Waals surface area contributed by atoms with E-state index in [0.29, 0.717) is 19.8 Å². The van der Waals surface area contributed by atoms with E-state index in [0.717, 1.165) is 36.9 Å². The Hall–Kier alpha value is -1.60. The van der Waals surface area contributed by atoms with Gasteiger partial charge in [-0.25, -0.2) is 4.79 Å². The minimum Gasteiger partial charge on any atom is -0.348 e. The summed E-state index contributed by atoms with van der Waals surface area (Å²) in [5, 5.41) is 10.5. The number of amides is 2. The summed E-state index contributed by atoms with van der Waals surface area (Å²) >= 11 is 0. The summed E-state index contributed by atoms with van der Waals surface area (Å²) in [6.45, 7) is 5.94. The van der Waals surface area contributed by atoms with Crippen LogP contribution in [0.2, 0.25) is 0 Å². The second-order valence-corrected chi connectivity index (χ2v) is 7.14. The lowest BCUT2D eigenvalue weighted by Crippen LogP contribution is -2.41. The predicted molar refractivity (Wildman–Crippen MR) is 89.5 cm³/mol. The third-order valence-corrected chi connectivity index (χ3v) is 4.75. The topological polar surface area (TPSA) is 77.4 Å². The zero-order valence-electron chi connectivity index (χ0n) is 14.8. The van der Waals surface area contributed by atoms with E-state index in [2.05, 4.69) is 22.7 Å². The number of carbonyl (C=O) groups is 1. The first kappa shape index (κ1) is 17.2. The lowest BCUT2D eigenvalue weighted by molar-refractivity contribution is -0.153. The number of urea groups is 1. The highest BCUT2D eigenvalue weighted by Gasteiger charge is 2.32. The molecule has 0 saturated carbocycles. The zero-order valence-corrected chi connectivity index (χ0v) is 14.8. The number of carbonyl (C=O) groups excluding carboxylic acids is 1. The summed E-state index contributed by atoms with van der Waals surface area (Å²) in [5.41, 5.74) is 2.25. The zero-order chi connectivity index (χ0) is 17.2. The Kier molecular flexibility index (Phi) is 5.10. The van der Waals surface area contributed by atoms with Crippen LogP contribution in [0.25, 0.3) is 0 Å². The molecule has 2 aliphatic rings. The van der Waals surface area contributed by atoms with Gasteiger partial charge in [-0.1, -0.05) is 6.92 Å². The molecule has 1 aromatic heterocycles. The number of nitrogens with zero attached hydrogens (tertiary/aromatic N) is 2. The maximum atomic E-state index is 12.2. The van der Waals surface area contributed by atoms with Crippen LogP contribution < -0.4 is 10.6 Å². The fourth-order valence-electron chi connectivity index (χ4n) is 3.67. The van der Waals surface area contributed by atoms with Crippen LogP contribution in [0.5, 0.6) is 0 Å². The Morgan fingerprint density at radius 1 is 1.50 bits per heavy atom. The van der Waals surface area contributed by atoms with E-state index in [1.807, 2.05) is 24.9 Å². The number of hydrogen-bond acceptors (Lipinski definition) is 4. The number of nitrogens with one attached hydrogen (secondary N) is 2. The van der Waals surface area contributed by atoms with Crippen LogP contribution in [0.4, 0.5) is 4.79 Å². The highest BCUT2D eigenvalue weighted by Crippen LogP contribution is 2.29. The Balaban J connectivity index is 1.46. The quantitative estimate of drug-likeness (QED) is 0.861. The van der Waals surface area contributed by atoms with Gasteiger partial charge in [0.15, 0.2) is 5.79 Å². The molecule has 7 nitrogen and oxygen atoms in total. The van der Waals surface area contributed by atoms with Crippen LogP contribution in [-0.4, -0.2) is 41.4 Å². The number of hydrogen-bond donors (Lipinski definition) is 2.